The molecular weight excluding hydrogens is 436 g/mol. The maximum Gasteiger partial charge on any atom is 0.303 e. The van der Waals surface area contributed by atoms with E-state index in [1.54, 1.807) is 0 Å². The monoisotopic (exact) mass is 484 g/mol. The van der Waals surface area contributed by atoms with Crippen LogP contribution in [0.4, 0.5) is 0 Å². The fraction of sp³-hybridized carbons (Fsp3) is 0.839. The summed E-state index contributed by atoms with van der Waals surface area (Å²) in [7, 11) is 0. The lowest BCUT2D eigenvalue weighted by Gasteiger charge is -2.59. The van der Waals surface area contributed by atoms with Gasteiger partial charge in [0.05, 0.1) is 0 Å². The molecule has 4 aliphatic rings. The molecule has 0 bridgehead atoms. The summed E-state index contributed by atoms with van der Waals surface area (Å²) in [5, 5.41) is 0. The zero-order valence-electron chi connectivity index (χ0n) is 23.1. The summed E-state index contributed by atoms with van der Waals surface area (Å²) in [5.74, 6) is 2.45. The third kappa shape index (κ3) is 4.35. The first-order chi connectivity index (χ1) is 16.5. The maximum atomic E-state index is 13.9. The fourth-order valence-corrected chi connectivity index (χ4v) is 9.55. The summed E-state index contributed by atoms with van der Waals surface area (Å²) in [6.45, 7) is 14.6. The second-order valence-corrected chi connectivity index (χ2v) is 13.3. The molecule has 0 spiro atoms. The molecule has 3 saturated carbocycles. The van der Waals surface area contributed by atoms with Crippen LogP contribution in [0.1, 0.15) is 99.8 Å². The van der Waals surface area contributed by atoms with E-state index < -0.39 is 6.10 Å². The third-order valence-corrected chi connectivity index (χ3v) is 11.4. The molecule has 35 heavy (non-hydrogen) atoms. The van der Waals surface area contributed by atoms with E-state index in [-0.39, 0.29) is 52.2 Å². The van der Waals surface area contributed by atoms with E-state index in [1.165, 1.54) is 13.3 Å². The van der Waals surface area contributed by atoms with Crippen LogP contribution in [0.3, 0.4) is 0 Å². The van der Waals surface area contributed by atoms with E-state index in [9.17, 15) is 14.4 Å². The Morgan fingerprint density at radius 2 is 1.74 bits per heavy atom. The van der Waals surface area contributed by atoms with Crippen molar-refractivity contribution in [3.8, 4) is 0 Å². The summed E-state index contributed by atoms with van der Waals surface area (Å²) >= 11 is 0. The Bertz CT molecular complexity index is 873. The zero-order valence-corrected chi connectivity index (χ0v) is 23.1. The van der Waals surface area contributed by atoms with Crippen molar-refractivity contribution in [1.29, 1.82) is 0 Å². The molecule has 196 valence electrons. The summed E-state index contributed by atoms with van der Waals surface area (Å²) < 4.78 is 5.71. The van der Waals surface area contributed by atoms with Gasteiger partial charge in [-0.2, -0.15) is 0 Å². The van der Waals surface area contributed by atoms with Crippen LogP contribution in [-0.2, 0) is 19.1 Å². The lowest BCUT2D eigenvalue weighted by Crippen LogP contribution is -2.55. The Labute approximate surface area is 213 Å². The van der Waals surface area contributed by atoms with E-state index in [0.29, 0.717) is 23.5 Å². The highest BCUT2D eigenvalue weighted by atomic mass is 16.5. The molecule has 4 rings (SSSR count). The van der Waals surface area contributed by atoms with Crippen LogP contribution in [0.25, 0.3) is 0 Å². The first kappa shape index (κ1) is 26.6. The van der Waals surface area contributed by atoms with Gasteiger partial charge in [0.25, 0.3) is 0 Å². The first-order valence-corrected chi connectivity index (χ1v) is 14.3. The lowest BCUT2D eigenvalue weighted by molar-refractivity contribution is -0.161. The smallest absolute Gasteiger partial charge is 0.303 e. The second-order valence-electron chi connectivity index (χ2n) is 13.3. The van der Waals surface area contributed by atoms with Crippen LogP contribution in [0.15, 0.2) is 12.2 Å². The molecule has 0 N–H and O–H groups in total. The second kappa shape index (κ2) is 9.78. The molecule has 4 aliphatic carbocycles. The normalized spacial score (nSPS) is 40.9. The van der Waals surface area contributed by atoms with Gasteiger partial charge in [-0.05, 0) is 85.4 Å². The van der Waals surface area contributed by atoms with Gasteiger partial charge >= 0.3 is 5.97 Å². The number of hydrogen-bond acceptors (Lipinski definition) is 4. The van der Waals surface area contributed by atoms with Gasteiger partial charge in [-0.25, -0.2) is 0 Å². The molecule has 0 radical (unpaired) electrons. The fourth-order valence-electron chi connectivity index (χ4n) is 9.55. The molecule has 0 aromatic rings. The van der Waals surface area contributed by atoms with E-state index in [2.05, 4.69) is 53.7 Å². The number of allylic oxidation sites excluding steroid dienone is 2. The van der Waals surface area contributed by atoms with Crippen LogP contribution in [0.5, 0.6) is 0 Å². The van der Waals surface area contributed by atoms with E-state index in [1.807, 2.05) is 0 Å². The van der Waals surface area contributed by atoms with Gasteiger partial charge in [-0.1, -0.05) is 53.7 Å². The Hall–Kier alpha value is -1.45. The number of hydrogen-bond donors (Lipinski definition) is 0. The molecule has 0 aromatic heterocycles. The minimum Gasteiger partial charge on any atom is -0.454 e. The van der Waals surface area contributed by atoms with Crippen molar-refractivity contribution in [3.05, 3.63) is 12.2 Å². The Morgan fingerprint density at radius 3 is 2.37 bits per heavy atom. The molecule has 0 unspecified atom stereocenters. The van der Waals surface area contributed by atoms with Gasteiger partial charge in [0.1, 0.15) is 5.78 Å². The zero-order chi connectivity index (χ0) is 25.7. The average Bonchev–Trinajstić information content (AvgIpc) is 3.15. The van der Waals surface area contributed by atoms with Crippen LogP contribution in [-0.4, -0.2) is 23.6 Å². The highest BCUT2D eigenvalue weighted by Gasteiger charge is 2.62. The van der Waals surface area contributed by atoms with E-state index >= 15 is 0 Å². The number of rotatable bonds is 7. The molecule has 0 aromatic carbocycles. The predicted octanol–water partition coefficient (Wildman–Crippen LogP) is 6.81. The molecule has 10 atom stereocenters. The van der Waals surface area contributed by atoms with Crippen molar-refractivity contribution in [1.82, 2.24) is 0 Å². The molecule has 3 fully saturated rings. The van der Waals surface area contributed by atoms with Crippen LogP contribution < -0.4 is 0 Å². The summed E-state index contributed by atoms with van der Waals surface area (Å²) in [5.41, 5.74) is 0.173. The molecule has 4 nitrogen and oxygen atoms in total. The SMILES string of the molecule is CC[C@@H](C(C)C)[C@@H](OC(C)=O)C(=O)[C@@H](C)[C@H]1CC[C@H]2[C@@H]3CC(=O)[C@H]4CC=CC[C@]4(C)[C@H]3CC[C@]12C. The van der Waals surface area contributed by atoms with Crippen molar-refractivity contribution < 1.29 is 19.1 Å². The van der Waals surface area contributed by atoms with Gasteiger partial charge in [0, 0.05) is 31.1 Å². The van der Waals surface area contributed by atoms with Gasteiger partial charge in [-0.3, -0.25) is 14.4 Å². The quantitative estimate of drug-likeness (QED) is 0.294. The molecule has 0 saturated heterocycles. The lowest BCUT2D eigenvalue weighted by atomic mass is 9.45. The van der Waals surface area contributed by atoms with Crippen LogP contribution in [0, 0.1) is 58.2 Å². The average molecular weight is 485 g/mol. The van der Waals surface area contributed by atoms with Gasteiger partial charge in [0.15, 0.2) is 11.9 Å². The van der Waals surface area contributed by atoms with Crippen LogP contribution >= 0.6 is 0 Å². The van der Waals surface area contributed by atoms with Gasteiger partial charge in [0.2, 0.25) is 0 Å². The number of carbonyl (C=O) groups is 3. The number of esters is 1. The number of Topliss-reactive ketones (excluding diaryl/α,β-unsaturated/α-hetero) is 2. The highest BCUT2D eigenvalue weighted by molar-refractivity contribution is 5.88. The minimum absolute atomic E-state index is 0.0433. The van der Waals surface area contributed by atoms with Crippen LogP contribution in [0.2, 0.25) is 0 Å². The molecule has 4 heteroatoms. The van der Waals surface area contributed by atoms with E-state index in [4.69, 9.17) is 4.74 Å². The Morgan fingerprint density at radius 1 is 1.06 bits per heavy atom. The molecular formula is C31H48O4. The standard InChI is InChI=1S/C31H48O4/c1-8-21(18(2)3)29(35-20(5)32)28(34)19(4)23-12-13-24-22-17-27(33)26-11-9-10-15-30(26,6)25(22)14-16-31(23,24)7/h9-10,18-19,21-26,29H,8,11-17H2,1-7H3/t19-,21-,22-,23+,24-,25-,26+,29+,30+,31+/m0/s1. The van der Waals surface area contributed by atoms with Crippen molar-refractivity contribution in [2.24, 2.45) is 58.2 Å². The summed E-state index contributed by atoms with van der Waals surface area (Å²) in [6, 6.07) is 0. The number of carbonyl (C=O) groups excluding carboxylic acids is 3. The van der Waals surface area contributed by atoms with Crippen molar-refractivity contribution >= 4 is 17.5 Å². The number of ether oxygens (including phenoxy) is 1. The highest BCUT2D eigenvalue weighted by Crippen LogP contribution is 2.67. The van der Waals surface area contributed by atoms with Crippen molar-refractivity contribution in [2.75, 3.05) is 0 Å². The predicted molar refractivity (Wildman–Crippen MR) is 138 cm³/mol. The molecule has 0 heterocycles. The van der Waals surface area contributed by atoms with Gasteiger partial charge < -0.3 is 4.74 Å². The number of fused-ring (bicyclic) bond motifs is 5. The van der Waals surface area contributed by atoms with E-state index in [0.717, 1.165) is 44.9 Å². The largest absolute Gasteiger partial charge is 0.454 e. The number of ketones is 2. The minimum atomic E-state index is -0.656. The third-order valence-electron chi connectivity index (χ3n) is 11.4. The van der Waals surface area contributed by atoms with Crippen molar-refractivity contribution in [3.63, 3.8) is 0 Å². The Balaban J connectivity index is 1.58. The first-order valence-electron chi connectivity index (χ1n) is 14.3. The topological polar surface area (TPSA) is 60.4 Å². The van der Waals surface area contributed by atoms with Crippen molar-refractivity contribution in [2.45, 2.75) is 106 Å². The molecule has 0 aliphatic heterocycles. The summed E-state index contributed by atoms with van der Waals surface area (Å²) in [6.07, 6.45) is 11.8. The van der Waals surface area contributed by atoms with Gasteiger partial charge in [-0.15, -0.1) is 0 Å². The molecule has 0 amide bonds. The Kier molecular flexibility index (Phi) is 7.44. The maximum absolute atomic E-state index is 13.9. The summed E-state index contributed by atoms with van der Waals surface area (Å²) in [4.78, 5) is 39.2.